The van der Waals surface area contributed by atoms with Crippen LogP contribution in [0.1, 0.15) is 38.8 Å². The molecule has 0 fully saturated rings. The monoisotopic (exact) mass is 271 g/mol. The van der Waals surface area contributed by atoms with Gasteiger partial charge in [-0.15, -0.1) is 0 Å². The molecule has 2 unspecified atom stereocenters. The summed E-state index contributed by atoms with van der Waals surface area (Å²) in [6, 6.07) is 5.67. The van der Waals surface area contributed by atoms with Crippen LogP contribution < -0.4 is 10.1 Å². The molecule has 102 valence electrons. The van der Waals surface area contributed by atoms with Gasteiger partial charge in [-0.2, -0.15) is 0 Å². The average molecular weight is 272 g/mol. The van der Waals surface area contributed by atoms with Crippen LogP contribution in [0.3, 0.4) is 0 Å². The SMILES string of the molecule is CCC(C)(O)COc1ccc(Cl)cc1C(C)NC. The van der Waals surface area contributed by atoms with E-state index >= 15 is 0 Å². The summed E-state index contributed by atoms with van der Waals surface area (Å²) in [5.41, 5.74) is 0.191. The van der Waals surface area contributed by atoms with Crippen molar-refractivity contribution < 1.29 is 9.84 Å². The van der Waals surface area contributed by atoms with Gasteiger partial charge in [-0.25, -0.2) is 0 Å². The highest BCUT2D eigenvalue weighted by atomic mass is 35.5. The minimum absolute atomic E-state index is 0.144. The van der Waals surface area contributed by atoms with Crippen LogP contribution in [-0.4, -0.2) is 24.4 Å². The quantitative estimate of drug-likeness (QED) is 0.835. The fourth-order valence-corrected chi connectivity index (χ4v) is 1.66. The van der Waals surface area contributed by atoms with Crippen LogP contribution in [-0.2, 0) is 0 Å². The normalized spacial score (nSPS) is 16.1. The van der Waals surface area contributed by atoms with Gasteiger partial charge in [0, 0.05) is 16.6 Å². The molecular formula is C14H22ClNO2. The molecule has 18 heavy (non-hydrogen) atoms. The second kappa shape index (κ2) is 6.41. The third-order valence-corrected chi connectivity index (χ3v) is 3.41. The predicted molar refractivity (Wildman–Crippen MR) is 75.3 cm³/mol. The summed E-state index contributed by atoms with van der Waals surface area (Å²) in [7, 11) is 1.89. The first-order valence-electron chi connectivity index (χ1n) is 6.21. The van der Waals surface area contributed by atoms with Gasteiger partial charge >= 0.3 is 0 Å². The fourth-order valence-electron chi connectivity index (χ4n) is 1.48. The van der Waals surface area contributed by atoms with Gasteiger partial charge in [-0.1, -0.05) is 18.5 Å². The number of ether oxygens (including phenoxy) is 1. The molecule has 0 saturated heterocycles. The highest BCUT2D eigenvalue weighted by Gasteiger charge is 2.20. The molecule has 0 bridgehead atoms. The molecule has 3 nitrogen and oxygen atoms in total. The lowest BCUT2D eigenvalue weighted by atomic mass is 10.0. The minimum Gasteiger partial charge on any atom is -0.490 e. The molecule has 0 amide bonds. The van der Waals surface area contributed by atoms with E-state index in [1.54, 1.807) is 13.0 Å². The molecule has 2 N–H and O–H groups in total. The zero-order chi connectivity index (χ0) is 13.8. The van der Waals surface area contributed by atoms with Gasteiger partial charge in [0.05, 0.1) is 5.60 Å². The summed E-state index contributed by atoms with van der Waals surface area (Å²) in [5, 5.41) is 13.8. The molecule has 1 rings (SSSR count). The highest BCUT2D eigenvalue weighted by molar-refractivity contribution is 6.30. The lowest BCUT2D eigenvalue weighted by Crippen LogP contribution is -2.31. The van der Waals surface area contributed by atoms with Gasteiger partial charge in [0.2, 0.25) is 0 Å². The second-order valence-corrected chi connectivity index (χ2v) is 5.27. The van der Waals surface area contributed by atoms with E-state index in [2.05, 4.69) is 5.32 Å². The molecule has 0 aromatic heterocycles. The van der Waals surface area contributed by atoms with Crippen LogP contribution >= 0.6 is 11.6 Å². The van der Waals surface area contributed by atoms with Crippen LogP contribution in [0, 0.1) is 0 Å². The Bertz CT molecular complexity index is 393. The van der Waals surface area contributed by atoms with Crippen LogP contribution in [0.2, 0.25) is 5.02 Å². The summed E-state index contributed by atoms with van der Waals surface area (Å²) >= 11 is 6.00. The molecule has 0 spiro atoms. The topological polar surface area (TPSA) is 41.5 Å². The van der Waals surface area contributed by atoms with Gasteiger partial charge in [0.25, 0.3) is 0 Å². The molecule has 0 saturated carbocycles. The molecule has 0 aliphatic rings. The van der Waals surface area contributed by atoms with E-state index in [0.29, 0.717) is 11.4 Å². The first-order valence-corrected chi connectivity index (χ1v) is 6.59. The maximum Gasteiger partial charge on any atom is 0.124 e. The minimum atomic E-state index is -0.806. The third kappa shape index (κ3) is 4.16. The zero-order valence-corrected chi connectivity index (χ0v) is 12.2. The molecule has 0 aliphatic carbocycles. The summed E-state index contributed by atoms with van der Waals surface area (Å²) in [6.07, 6.45) is 0.650. The number of nitrogens with one attached hydrogen (secondary N) is 1. The standard InChI is InChI=1S/C14H22ClNO2/c1-5-14(3,17)9-18-13-7-6-11(15)8-12(13)10(2)16-4/h6-8,10,16-17H,5,9H2,1-4H3. The smallest absolute Gasteiger partial charge is 0.124 e. The van der Waals surface area contributed by atoms with E-state index < -0.39 is 5.60 Å². The van der Waals surface area contributed by atoms with Gasteiger partial charge in [0.1, 0.15) is 12.4 Å². The van der Waals surface area contributed by atoms with Crippen molar-refractivity contribution in [2.45, 2.75) is 38.8 Å². The van der Waals surface area contributed by atoms with Gasteiger partial charge < -0.3 is 15.2 Å². The lowest BCUT2D eigenvalue weighted by Gasteiger charge is -2.23. The third-order valence-electron chi connectivity index (χ3n) is 3.17. The van der Waals surface area contributed by atoms with E-state index in [0.717, 1.165) is 11.3 Å². The Kier molecular flexibility index (Phi) is 5.45. The van der Waals surface area contributed by atoms with Crippen molar-refractivity contribution in [3.63, 3.8) is 0 Å². The Labute approximate surface area is 114 Å². The Morgan fingerprint density at radius 2 is 2.17 bits per heavy atom. The Morgan fingerprint density at radius 3 is 2.72 bits per heavy atom. The molecule has 0 aliphatic heterocycles. The largest absolute Gasteiger partial charge is 0.490 e. The van der Waals surface area contributed by atoms with Crippen molar-refractivity contribution in [3.8, 4) is 5.75 Å². The van der Waals surface area contributed by atoms with Crippen LogP contribution in [0.4, 0.5) is 0 Å². The van der Waals surface area contributed by atoms with Crippen molar-refractivity contribution in [2.75, 3.05) is 13.7 Å². The first-order chi connectivity index (χ1) is 8.39. The zero-order valence-electron chi connectivity index (χ0n) is 11.5. The molecule has 2 atom stereocenters. The van der Waals surface area contributed by atoms with Gasteiger partial charge in [-0.05, 0) is 45.5 Å². The number of halogens is 1. The van der Waals surface area contributed by atoms with E-state index in [9.17, 15) is 5.11 Å². The molecule has 4 heteroatoms. The van der Waals surface area contributed by atoms with Crippen molar-refractivity contribution in [2.24, 2.45) is 0 Å². The number of hydrogen-bond donors (Lipinski definition) is 2. The van der Waals surface area contributed by atoms with E-state index in [1.807, 2.05) is 33.0 Å². The predicted octanol–water partition coefficient (Wildman–Crippen LogP) is 3.16. The second-order valence-electron chi connectivity index (χ2n) is 4.83. The van der Waals surface area contributed by atoms with Crippen molar-refractivity contribution in [1.29, 1.82) is 0 Å². The number of benzene rings is 1. The maximum absolute atomic E-state index is 9.96. The van der Waals surface area contributed by atoms with Crippen molar-refractivity contribution in [1.82, 2.24) is 5.32 Å². The fraction of sp³-hybridized carbons (Fsp3) is 0.571. The Hall–Kier alpha value is -0.770. The van der Waals surface area contributed by atoms with Crippen molar-refractivity contribution >= 4 is 11.6 Å². The number of hydrogen-bond acceptors (Lipinski definition) is 3. The summed E-state index contributed by atoms with van der Waals surface area (Å²) in [6.45, 7) is 6.01. The number of aliphatic hydroxyl groups is 1. The Morgan fingerprint density at radius 1 is 1.50 bits per heavy atom. The maximum atomic E-state index is 9.96. The van der Waals surface area contributed by atoms with Crippen molar-refractivity contribution in [3.05, 3.63) is 28.8 Å². The van der Waals surface area contributed by atoms with E-state index in [4.69, 9.17) is 16.3 Å². The Balaban J connectivity index is 2.88. The lowest BCUT2D eigenvalue weighted by molar-refractivity contribution is 0.00806. The molecule has 0 heterocycles. The molecule has 1 aromatic carbocycles. The number of rotatable bonds is 6. The summed E-state index contributed by atoms with van der Waals surface area (Å²) in [5.74, 6) is 0.759. The molecule has 0 radical (unpaired) electrons. The first kappa shape index (κ1) is 15.3. The van der Waals surface area contributed by atoms with Gasteiger partial charge in [0.15, 0.2) is 0 Å². The van der Waals surface area contributed by atoms with Crippen LogP contribution in [0.25, 0.3) is 0 Å². The average Bonchev–Trinajstić information content (AvgIpc) is 2.36. The summed E-state index contributed by atoms with van der Waals surface area (Å²) in [4.78, 5) is 0. The van der Waals surface area contributed by atoms with Gasteiger partial charge in [-0.3, -0.25) is 0 Å². The molecule has 1 aromatic rings. The van der Waals surface area contributed by atoms with E-state index in [-0.39, 0.29) is 12.6 Å². The van der Waals surface area contributed by atoms with Crippen LogP contribution in [0.15, 0.2) is 18.2 Å². The summed E-state index contributed by atoms with van der Waals surface area (Å²) < 4.78 is 5.72. The van der Waals surface area contributed by atoms with Crippen LogP contribution in [0.5, 0.6) is 5.75 Å². The van der Waals surface area contributed by atoms with E-state index in [1.165, 1.54) is 0 Å². The molecular weight excluding hydrogens is 250 g/mol. The highest BCUT2D eigenvalue weighted by Crippen LogP contribution is 2.29.